The Morgan fingerprint density at radius 2 is 1.75 bits per heavy atom. The van der Waals surface area contributed by atoms with Gasteiger partial charge in [-0.05, 0) is 54.4 Å². The van der Waals surface area contributed by atoms with Crippen molar-refractivity contribution >= 4 is 28.1 Å². The molecule has 0 saturated heterocycles. The van der Waals surface area contributed by atoms with Crippen LogP contribution >= 0.6 is 0 Å². The summed E-state index contributed by atoms with van der Waals surface area (Å²) in [5.41, 5.74) is 3.65. The molecule has 0 unspecified atom stereocenters. The van der Waals surface area contributed by atoms with Crippen molar-refractivity contribution in [2.45, 2.75) is 13.1 Å². The fourth-order valence-electron chi connectivity index (χ4n) is 3.48. The Balaban J connectivity index is 1.57. The number of aromatic nitrogens is 4. The highest BCUT2D eigenvalue weighted by molar-refractivity contribution is 5.83. The Kier molecular flexibility index (Phi) is 4.54. The third-order valence-corrected chi connectivity index (χ3v) is 5.17. The predicted molar refractivity (Wildman–Crippen MR) is 115 cm³/mol. The Morgan fingerprint density at radius 1 is 0.906 bits per heavy atom. The van der Waals surface area contributed by atoms with E-state index in [2.05, 4.69) is 25.3 Å². The standard InChI is InChI=1S/C23H16F3N5O/c1-12-3-4-13(21-30-18-9-16(23(24,25)26)5-6-19(18)32-21)8-17(12)14-7-15-11-29-22(27-2)31-20(15)28-10-14/h3-11H,1-2H3,(H,27,28,29,31). The van der Waals surface area contributed by atoms with Gasteiger partial charge in [0.15, 0.2) is 11.2 Å². The highest BCUT2D eigenvalue weighted by Gasteiger charge is 2.31. The number of nitrogens with one attached hydrogen (secondary N) is 1. The number of alkyl halides is 3. The molecule has 0 atom stereocenters. The summed E-state index contributed by atoms with van der Waals surface area (Å²) >= 11 is 0. The lowest BCUT2D eigenvalue weighted by Crippen LogP contribution is -2.03. The van der Waals surface area contributed by atoms with Gasteiger partial charge in [0.05, 0.1) is 5.56 Å². The van der Waals surface area contributed by atoms with E-state index in [1.165, 1.54) is 6.07 Å². The van der Waals surface area contributed by atoms with E-state index in [1.807, 2.05) is 31.2 Å². The lowest BCUT2D eigenvalue weighted by molar-refractivity contribution is -0.137. The van der Waals surface area contributed by atoms with E-state index in [-0.39, 0.29) is 11.4 Å². The molecular weight excluding hydrogens is 419 g/mol. The van der Waals surface area contributed by atoms with Crippen LogP contribution in [0, 0.1) is 6.92 Å². The van der Waals surface area contributed by atoms with E-state index in [4.69, 9.17) is 4.42 Å². The molecule has 0 radical (unpaired) electrons. The zero-order chi connectivity index (χ0) is 22.5. The summed E-state index contributed by atoms with van der Waals surface area (Å²) in [6.07, 6.45) is -1.02. The van der Waals surface area contributed by atoms with Gasteiger partial charge in [-0.1, -0.05) is 6.07 Å². The number of hydrogen-bond acceptors (Lipinski definition) is 6. The molecule has 0 spiro atoms. The Bertz CT molecular complexity index is 1480. The topological polar surface area (TPSA) is 76.7 Å². The molecule has 0 fully saturated rings. The van der Waals surface area contributed by atoms with Crippen molar-refractivity contribution in [3.05, 3.63) is 66.0 Å². The minimum atomic E-state index is -4.44. The highest BCUT2D eigenvalue weighted by atomic mass is 19.4. The van der Waals surface area contributed by atoms with Crippen molar-refractivity contribution in [1.82, 2.24) is 19.9 Å². The van der Waals surface area contributed by atoms with Crippen LogP contribution in [-0.2, 0) is 6.18 Å². The van der Waals surface area contributed by atoms with Crippen molar-refractivity contribution in [2.24, 2.45) is 0 Å². The molecule has 0 aliphatic carbocycles. The molecule has 0 aliphatic heterocycles. The maximum Gasteiger partial charge on any atom is 0.416 e. The Hall–Kier alpha value is -4.01. The normalized spacial score (nSPS) is 11.9. The maximum absolute atomic E-state index is 13.0. The van der Waals surface area contributed by atoms with Gasteiger partial charge in [-0.2, -0.15) is 18.2 Å². The predicted octanol–water partition coefficient (Wildman–Crippen LogP) is 5.87. The first-order valence-corrected chi connectivity index (χ1v) is 9.71. The smallest absolute Gasteiger partial charge is 0.416 e. The molecule has 0 aliphatic rings. The van der Waals surface area contributed by atoms with E-state index >= 15 is 0 Å². The molecule has 3 heterocycles. The SMILES string of the molecule is CNc1ncc2cc(-c3cc(-c4nc5cc(C(F)(F)F)ccc5o4)ccc3C)cnc2n1. The number of fused-ring (bicyclic) bond motifs is 2. The minimum absolute atomic E-state index is 0.154. The van der Waals surface area contributed by atoms with Crippen LogP contribution in [0.25, 0.3) is 44.7 Å². The van der Waals surface area contributed by atoms with Gasteiger partial charge in [-0.25, -0.2) is 15.0 Å². The second-order valence-corrected chi connectivity index (χ2v) is 7.31. The summed E-state index contributed by atoms with van der Waals surface area (Å²) in [5.74, 6) is 0.733. The van der Waals surface area contributed by atoms with Gasteiger partial charge in [0, 0.05) is 36.0 Å². The van der Waals surface area contributed by atoms with Crippen LogP contribution in [-0.4, -0.2) is 27.0 Å². The van der Waals surface area contributed by atoms with Gasteiger partial charge < -0.3 is 9.73 Å². The Morgan fingerprint density at radius 3 is 2.53 bits per heavy atom. The van der Waals surface area contributed by atoms with Gasteiger partial charge in [0.25, 0.3) is 0 Å². The summed E-state index contributed by atoms with van der Waals surface area (Å²) in [7, 11) is 1.74. The second-order valence-electron chi connectivity index (χ2n) is 7.31. The van der Waals surface area contributed by atoms with Crippen LogP contribution in [0.2, 0.25) is 0 Å². The second kappa shape index (κ2) is 7.30. The zero-order valence-electron chi connectivity index (χ0n) is 17.0. The first-order chi connectivity index (χ1) is 15.3. The number of anilines is 1. The van der Waals surface area contributed by atoms with E-state index in [0.717, 1.165) is 34.2 Å². The summed E-state index contributed by atoms with van der Waals surface area (Å²) in [6, 6.07) is 10.8. The van der Waals surface area contributed by atoms with Crippen LogP contribution in [0.1, 0.15) is 11.1 Å². The molecule has 0 bridgehead atoms. The molecule has 5 aromatic rings. The molecule has 0 amide bonds. The highest BCUT2D eigenvalue weighted by Crippen LogP contribution is 2.34. The lowest BCUT2D eigenvalue weighted by Gasteiger charge is -2.09. The van der Waals surface area contributed by atoms with Crippen molar-refractivity contribution in [1.29, 1.82) is 0 Å². The largest absolute Gasteiger partial charge is 0.436 e. The number of oxazole rings is 1. The monoisotopic (exact) mass is 435 g/mol. The van der Waals surface area contributed by atoms with Crippen LogP contribution in [0.15, 0.2) is 59.3 Å². The minimum Gasteiger partial charge on any atom is -0.436 e. The number of halogens is 3. The number of benzene rings is 2. The zero-order valence-corrected chi connectivity index (χ0v) is 17.0. The van der Waals surface area contributed by atoms with Crippen molar-refractivity contribution in [2.75, 3.05) is 12.4 Å². The first kappa shape index (κ1) is 19.9. The van der Waals surface area contributed by atoms with Crippen molar-refractivity contribution in [3.63, 3.8) is 0 Å². The summed E-state index contributed by atoms with van der Waals surface area (Å²) in [6.45, 7) is 1.96. The van der Waals surface area contributed by atoms with Crippen LogP contribution < -0.4 is 5.32 Å². The number of pyridine rings is 1. The summed E-state index contributed by atoms with van der Waals surface area (Å²) in [4.78, 5) is 17.3. The molecule has 0 saturated carbocycles. The first-order valence-electron chi connectivity index (χ1n) is 9.71. The molecule has 3 aromatic heterocycles. The number of rotatable bonds is 3. The fourth-order valence-corrected chi connectivity index (χ4v) is 3.48. The van der Waals surface area contributed by atoms with Crippen LogP contribution in [0.3, 0.4) is 0 Å². The summed E-state index contributed by atoms with van der Waals surface area (Å²) in [5, 5.41) is 3.67. The molecular formula is C23H16F3N5O. The van der Waals surface area contributed by atoms with Gasteiger partial charge in [0.1, 0.15) is 5.52 Å². The van der Waals surface area contributed by atoms with E-state index in [9.17, 15) is 13.2 Å². The number of hydrogen-bond donors (Lipinski definition) is 1. The average molecular weight is 435 g/mol. The van der Waals surface area contributed by atoms with E-state index in [0.29, 0.717) is 22.7 Å². The van der Waals surface area contributed by atoms with E-state index in [1.54, 1.807) is 19.4 Å². The van der Waals surface area contributed by atoms with Gasteiger partial charge in [-0.15, -0.1) is 0 Å². The maximum atomic E-state index is 13.0. The van der Waals surface area contributed by atoms with E-state index < -0.39 is 11.7 Å². The molecule has 9 heteroatoms. The molecule has 32 heavy (non-hydrogen) atoms. The number of aryl methyl sites for hydroxylation is 1. The lowest BCUT2D eigenvalue weighted by atomic mass is 9.99. The third kappa shape index (κ3) is 3.51. The molecule has 1 N–H and O–H groups in total. The quantitative estimate of drug-likeness (QED) is 0.382. The molecule has 5 rings (SSSR count). The van der Waals surface area contributed by atoms with Gasteiger partial charge in [-0.3, -0.25) is 0 Å². The fraction of sp³-hybridized carbons (Fsp3) is 0.130. The van der Waals surface area contributed by atoms with Crippen molar-refractivity contribution < 1.29 is 17.6 Å². The Labute approximate surface area is 180 Å². The summed E-state index contributed by atoms with van der Waals surface area (Å²) < 4.78 is 44.7. The molecule has 160 valence electrons. The van der Waals surface area contributed by atoms with Gasteiger partial charge in [0.2, 0.25) is 11.8 Å². The molecule has 6 nitrogen and oxygen atoms in total. The van der Waals surface area contributed by atoms with Gasteiger partial charge >= 0.3 is 6.18 Å². The third-order valence-electron chi connectivity index (χ3n) is 5.17. The number of nitrogens with zero attached hydrogens (tertiary/aromatic N) is 4. The van der Waals surface area contributed by atoms with Crippen LogP contribution in [0.4, 0.5) is 19.1 Å². The molecule has 2 aromatic carbocycles. The van der Waals surface area contributed by atoms with Crippen LogP contribution in [0.5, 0.6) is 0 Å². The average Bonchev–Trinajstić information content (AvgIpc) is 3.21. The van der Waals surface area contributed by atoms with Crippen molar-refractivity contribution in [3.8, 4) is 22.6 Å².